The Morgan fingerprint density at radius 3 is 2.63 bits per heavy atom. The van der Waals surface area contributed by atoms with Crippen LogP contribution in [0.4, 0.5) is 0 Å². The molecule has 0 radical (unpaired) electrons. The first kappa shape index (κ1) is 14.6. The van der Waals surface area contributed by atoms with Crippen LogP contribution in [-0.4, -0.2) is 22.4 Å². The predicted molar refractivity (Wildman–Crippen MR) is 80.3 cm³/mol. The Morgan fingerprint density at radius 2 is 2.16 bits per heavy atom. The molecular formula is C16H29N3. The highest BCUT2D eigenvalue weighted by atomic mass is 15.3. The van der Waals surface area contributed by atoms with E-state index in [1.165, 1.54) is 24.2 Å². The largest absolute Gasteiger partial charge is 0.314 e. The van der Waals surface area contributed by atoms with Crippen molar-refractivity contribution in [2.45, 2.75) is 59.4 Å². The molecule has 1 fully saturated rings. The zero-order chi connectivity index (χ0) is 14.0. The average Bonchev–Trinajstić information content (AvgIpc) is 3.14. The van der Waals surface area contributed by atoms with Crippen LogP contribution in [0.1, 0.15) is 51.9 Å². The maximum Gasteiger partial charge on any atom is 0.0624 e. The summed E-state index contributed by atoms with van der Waals surface area (Å²) in [6.07, 6.45) is 4.96. The number of hydrogen-bond donors (Lipinski definition) is 1. The molecule has 0 amide bonds. The molecule has 1 atom stereocenters. The van der Waals surface area contributed by atoms with Gasteiger partial charge in [0.1, 0.15) is 0 Å². The molecule has 2 rings (SSSR count). The summed E-state index contributed by atoms with van der Waals surface area (Å²) in [5, 5.41) is 8.22. The Balaban J connectivity index is 2.08. The number of nitrogens with zero attached hydrogens (tertiary/aromatic N) is 2. The maximum atomic E-state index is 4.58. The first-order chi connectivity index (χ1) is 8.94. The van der Waals surface area contributed by atoms with Gasteiger partial charge < -0.3 is 5.32 Å². The van der Waals surface area contributed by atoms with Crippen molar-refractivity contribution in [1.82, 2.24) is 15.1 Å². The van der Waals surface area contributed by atoms with E-state index >= 15 is 0 Å². The molecule has 1 heterocycles. The minimum atomic E-state index is 0.378. The molecule has 0 saturated heterocycles. The lowest BCUT2D eigenvalue weighted by atomic mass is 9.80. The third-order valence-corrected chi connectivity index (χ3v) is 4.45. The summed E-state index contributed by atoms with van der Waals surface area (Å²) >= 11 is 0. The van der Waals surface area contributed by atoms with Gasteiger partial charge in [-0.25, -0.2) is 0 Å². The van der Waals surface area contributed by atoms with E-state index in [1.54, 1.807) is 0 Å². The predicted octanol–water partition coefficient (Wildman–Crippen LogP) is 2.94. The Morgan fingerprint density at radius 1 is 1.47 bits per heavy atom. The van der Waals surface area contributed by atoms with E-state index in [0.29, 0.717) is 11.5 Å². The third kappa shape index (κ3) is 3.59. The molecule has 1 aliphatic rings. The van der Waals surface area contributed by atoms with Gasteiger partial charge in [0.2, 0.25) is 0 Å². The second-order valence-electron chi connectivity index (χ2n) is 6.74. The van der Waals surface area contributed by atoms with Gasteiger partial charge >= 0.3 is 0 Å². The van der Waals surface area contributed by atoms with E-state index in [9.17, 15) is 0 Å². The number of aryl methyl sites for hydroxylation is 2. The van der Waals surface area contributed by atoms with Crippen LogP contribution in [0.5, 0.6) is 0 Å². The van der Waals surface area contributed by atoms with Gasteiger partial charge in [0.05, 0.1) is 5.69 Å². The normalized spacial score (nSPS) is 18.8. The van der Waals surface area contributed by atoms with Crippen molar-refractivity contribution in [3.05, 3.63) is 17.5 Å². The quantitative estimate of drug-likeness (QED) is 0.819. The molecule has 1 saturated carbocycles. The van der Waals surface area contributed by atoms with Crippen LogP contribution < -0.4 is 5.32 Å². The van der Waals surface area contributed by atoms with Crippen molar-refractivity contribution in [2.75, 3.05) is 6.54 Å². The van der Waals surface area contributed by atoms with Crippen LogP contribution in [-0.2, 0) is 19.9 Å². The second-order valence-corrected chi connectivity index (χ2v) is 6.74. The van der Waals surface area contributed by atoms with Gasteiger partial charge in [-0.15, -0.1) is 0 Å². The molecule has 0 bridgehead atoms. The Bertz CT molecular complexity index is 418. The van der Waals surface area contributed by atoms with Gasteiger partial charge in [0.25, 0.3) is 0 Å². The van der Waals surface area contributed by atoms with E-state index in [2.05, 4.69) is 55.9 Å². The summed E-state index contributed by atoms with van der Waals surface area (Å²) in [5.74, 6) is 0.888. The molecule has 1 aliphatic carbocycles. The van der Waals surface area contributed by atoms with Crippen LogP contribution in [0, 0.1) is 11.3 Å². The van der Waals surface area contributed by atoms with Gasteiger partial charge in [-0.1, -0.05) is 27.7 Å². The minimum absolute atomic E-state index is 0.378. The molecule has 108 valence electrons. The van der Waals surface area contributed by atoms with E-state index in [1.807, 2.05) is 0 Å². The zero-order valence-corrected chi connectivity index (χ0v) is 13.2. The van der Waals surface area contributed by atoms with E-state index in [4.69, 9.17) is 0 Å². The minimum Gasteiger partial charge on any atom is -0.314 e. The van der Waals surface area contributed by atoms with Crippen LogP contribution in [0.2, 0.25) is 0 Å². The van der Waals surface area contributed by atoms with Crippen molar-refractivity contribution in [1.29, 1.82) is 0 Å². The zero-order valence-electron chi connectivity index (χ0n) is 13.2. The van der Waals surface area contributed by atoms with Crippen molar-refractivity contribution < 1.29 is 0 Å². The Hall–Kier alpha value is -0.830. The van der Waals surface area contributed by atoms with Crippen LogP contribution in [0.15, 0.2) is 6.07 Å². The number of hydrogen-bond acceptors (Lipinski definition) is 2. The van der Waals surface area contributed by atoms with E-state index in [-0.39, 0.29) is 0 Å². The summed E-state index contributed by atoms with van der Waals surface area (Å²) < 4.78 is 2.08. The number of aromatic nitrogens is 2. The molecule has 1 aromatic heterocycles. The number of nitrogens with one attached hydrogen (secondary N) is 1. The molecule has 0 spiro atoms. The van der Waals surface area contributed by atoms with Crippen molar-refractivity contribution >= 4 is 0 Å². The summed E-state index contributed by atoms with van der Waals surface area (Å²) in [6.45, 7) is 10.2. The molecule has 3 heteroatoms. The SMILES string of the molecule is CCc1cc(CC(C)(CNC(C)C)C2CC2)n(C)n1. The van der Waals surface area contributed by atoms with Crippen molar-refractivity contribution in [3.8, 4) is 0 Å². The molecule has 1 aromatic rings. The summed E-state index contributed by atoms with van der Waals surface area (Å²) in [7, 11) is 2.08. The number of rotatable bonds is 7. The van der Waals surface area contributed by atoms with Gasteiger partial charge in [-0.3, -0.25) is 4.68 Å². The lowest BCUT2D eigenvalue weighted by molar-refractivity contribution is 0.243. The molecule has 0 aromatic carbocycles. The molecule has 3 nitrogen and oxygen atoms in total. The van der Waals surface area contributed by atoms with E-state index < -0.39 is 0 Å². The van der Waals surface area contributed by atoms with Crippen molar-refractivity contribution in [2.24, 2.45) is 18.4 Å². The highest BCUT2D eigenvalue weighted by molar-refractivity contribution is 5.13. The van der Waals surface area contributed by atoms with Crippen LogP contribution in [0.3, 0.4) is 0 Å². The summed E-state index contributed by atoms with van der Waals surface area (Å²) in [6, 6.07) is 2.85. The third-order valence-electron chi connectivity index (χ3n) is 4.45. The molecular weight excluding hydrogens is 234 g/mol. The smallest absolute Gasteiger partial charge is 0.0624 e. The molecule has 1 unspecified atom stereocenters. The summed E-state index contributed by atoms with van der Waals surface area (Å²) in [5.41, 5.74) is 2.98. The standard InChI is InChI=1S/C16H29N3/c1-6-14-9-15(19(5)18-14)10-16(4,13-7-8-13)11-17-12(2)3/h9,12-13,17H,6-8,10-11H2,1-5H3. The first-order valence-corrected chi connectivity index (χ1v) is 7.70. The highest BCUT2D eigenvalue weighted by Crippen LogP contribution is 2.47. The van der Waals surface area contributed by atoms with Gasteiger partial charge in [-0.05, 0) is 43.1 Å². The Kier molecular flexibility index (Phi) is 4.34. The molecule has 19 heavy (non-hydrogen) atoms. The fourth-order valence-electron chi connectivity index (χ4n) is 2.89. The van der Waals surface area contributed by atoms with Gasteiger partial charge in [0, 0.05) is 25.3 Å². The van der Waals surface area contributed by atoms with Crippen LogP contribution >= 0.6 is 0 Å². The summed E-state index contributed by atoms with van der Waals surface area (Å²) in [4.78, 5) is 0. The lowest BCUT2D eigenvalue weighted by Gasteiger charge is -2.31. The maximum absolute atomic E-state index is 4.58. The van der Waals surface area contributed by atoms with Gasteiger partial charge in [0.15, 0.2) is 0 Å². The monoisotopic (exact) mass is 263 g/mol. The second kappa shape index (κ2) is 5.66. The molecule has 1 N–H and O–H groups in total. The van der Waals surface area contributed by atoms with Crippen molar-refractivity contribution in [3.63, 3.8) is 0 Å². The highest BCUT2D eigenvalue weighted by Gasteiger charge is 2.41. The van der Waals surface area contributed by atoms with Crippen LogP contribution in [0.25, 0.3) is 0 Å². The van der Waals surface area contributed by atoms with E-state index in [0.717, 1.165) is 25.3 Å². The first-order valence-electron chi connectivity index (χ1n) is 7.70. The molecule has 0 aliphatic heterocycles. The topological polar surface area (TPSA) is 29.9 Å². The average molecular weight is 263 g/mol. The fraction of sp³-hybridized carbons (Fsp3) is 0.812. The fourth-order valence-corrected chi connectivity index (χ4v) is 2.89. The Labute approximate surface area is 117 Å². The van der Waals surface area contributed by atoms with Gasteiger partial charge in [-0.2, -0.15) is 5.10 Å². The lowest BCUT2D eigenvalue weighted by Crippen LogP contribution is -2.39.